The van der Waals surface area contributed by atoms with E-state index in [0.717, 1.165) is 0 Å². The van der Waals surface area contributed by atoms with Crippen molar-refractivity contribution in [2.45, 2.75) is 12.8 Å². The van der Waals surface area contributed by atoms with Crippen molar-refractivity contribution < 1.29 is 26.4 Å². The minimum absolute atomic E-state index is 0.0262. The highest BCUT2D eigenvalue weighted by Crippen LogP contribution is 1.97. The average molecular weight is 323 g/mol. The molecule has 0 fully saturated rings. The van der Waals surface area contributed by atoms with Gasteiger partial charge in [0.2, 0.25) is 5.91 Å². The van der Waals surface area contributed by atoms with E-state index in [4.69, 9.17) is 0 Å². The maximum absolute atomic E-state index is 11.3. The zero-order chi connectivity index (χ0) is 15.8. The Bertz CT molecular complexity index is 534. The molecule has 0 radical (unpaired) electrons. The Morgan fingerprint density at radius 1 is 0.950 bits per heavy atom. The second-order valence-electron chi connectivity index (χ2n) is 3.94. The Balaban J connectivity index is 3.99. The van der Waals surface area contributed by atoms with Crippen LogP contribution in [0.5, 0.6) is 0 Å². The van der Waals surface area contributed by atoms with Crippen LogP contribution in [0, 0.1) is 0 Å². The second-order valence-corrected chi connectivity index (χ2v) is 7.84. The SMILES string of the molecule is C=CS(=O)(=O)CC(=O)CCCNC(=O)CS(=O)(=O)C=C. The summed E-state index contributed by atoms with van der Waals surface area (Å²) in [5.41, 5.74) is 0. The standard InChI is InChI=1S/C11H17NO6S2/c1-3-19(15,16)8-10(13)6-5-7-12-11(14)9-20(17,18)4-2/h3-4H,1-2,5-9H2,(H,12,14). The van der Waals surface area contributed by atoms with E-state index in [1.807, 2.05) is 0 Å². The molecule has 0 aliphatic heterocycles. The zero-order valence-corrected chi connectivity index (χ0v) is 12.5. The monoisotopic (exact) mass is 323 g/mol. The number of nitrogens with one attached hydrogen (secondary N) is 1. The Labute approximate surface area is 118 Å². The molecule has 114 valence electrons. The molecule has 0 aliphatic rings. The lowest BCUT2D eigenvalue weighted by atomic mass is 10.2. The fourth-order valence-corrected chi connectivity index (χ4v) is 2.46. The third-order valence-corrected chi connectivity index (χ3v) is 4.56. The Hall–Kier alpha value is -1.48. The van der Waals surface area contributed by atoms with Gasteiger partial charge in [-0.1, -0.05) is 13.2 Å². The molecule has 20 heavy (non-hydrogen) atoms. The number of carbonyl (C=O) groups excluding carboxylic acids is 2. The molecule has 0 bridgehead atoms. The van der Waals surface area contributed by atoms with Crippen molar-refractivity contribution in [1.82, 2.24) is 5.32 Å². The van der Waals surface area contributed by atoms with E-state index in [9.17, 15) is 26.4 Å². The van der Waals surface area contributed by atoms with Crippen molar-refractivity contribution in [1.29, 1.82) is 0 Å². The van der Waals surface area contributed by atoms with E-state index in [0.29, 0.717) is 10.8 Å². The van der Waals surface area contributed by atoms with Gasteiger partial charge in [-0.05, 0) is 6.42 Å². The molecule has 0 spiro atoms. The van der Waals surface area contributed by atoms with Gasteiger partial charge in [0.05, 0.1) is 0 Å². The summed E-state index contributed by atoms with van der Waals surface area (Å²) >= 11 is 0. The van der Waals surface area contributed by atoms with Crippen molar-refractivity contribution >= 4 is 31.4 Å². The highest BCUT2D eigenvalue weighted by molar-refractivity contribution is 7.95. The van der Waals surface area contributed by atoms with Gasteiger partial charge in [0.15, 0.2) is 19.7 Å². The number of rotatable bonds is 10. The van der Waals surface area contributed by atoms with Crippen LogP contribution in [-0.2, 0) is 29.3 Å². The highest BCUT2D eigenvalue weighted by Gasteiger charge is 2.14. The largest absolute Gasteiger partial charge is 0.355 e. The van der Waals surface area contributed by atoms with Crippen LogP contribution < -0.4 is 5.32 Å². The maximum Gasteiger partial charge on any atom is 0.235 e. The van der Waals surface area contributed by atoms with Crippen molar-refractivity contribution in [3.8, 4) is 0 Å². The van der Waals surface area contributed by atoms with Crippen molar-refractivity contribution in [2.75, 3.05) is 18.1 Å². The van der Waals surface area contributed by atoms with Gasteiger partial charge in [-0.25, -0.2) is 16.8 Å². The Kier molecular flexibility index (Phi) is 7.36. The van der Waals surface area contributed by atoms with E-state index in [2.05, 4.69) is 18.5 Å². The lowest BCUT2D eigenvalue weighted by Gasteiger charge is -2.04. The van der Waals surface area contributed by atoms with Crippen LogP contribution in [0.3, 0.4) is 0 Å². The fraction of sp³-hybridized carbons (Fsp3) is 0.455. The smallest absolute Gasteiger partial charge is 0.235 e. The summed E-state index contributed by atoms with van der Waals surface area (Å²) in [6, 6.07) is 0. The number of ketones is 1. The topological polar surface area (TPSA) is 114 Å². The summed E-state index contributed by atoms with van der Waals surface area (Å²) in [6.45, 7) is 6.24. The molecule has 0 aromatic rings. The predicted octanol–water partition coefficient (Wildman–Crippen LogP) is -0.431. The minimum atomic E-state index is -3.61. The molecule has 1 N–H and O–H groups in total. The molecule has 0 atom stereocenters. The molecule has 0 heterocycles. The molecule has 0 unspecified atom stereocenters. The number of amides is 1. The van der Waals surface area contributed by atoms with Crippen molar-refractivity contribution in [3.05, 3.63) is 24.0 Å². The maximum atomic E-state index is 11.3. The summed E-state index contributed by atoms with van der Waals surface area (Å²) in [5.74, 6) is -2.50. The van der Waals surface area contributed by atoms with Crippen molar-refractivity contribution in [3.63, 3.8) is 0 Å². The molecule has 0 aromatic heterocycles. The van der Waals surface area contributed by atoms with Gasteiger partial charge in [0, 0.05) is 23.8 Å². The Morgan fingerprint density at radius 2 is 1.45 bits per heavy atom. The first-order valence-electron chi connectivity index (χ1n) is 5.60. The molecule has 0 aliphatic carbocycles. The normalized spacial score (nSPS) is 11.6. The highest BCUT2D eigenvalue weighted by atomic mass is 32.2. The second kappa shape index (κ2) is 7.95. The number of Topliss-reactive ketones (excluding diaryl/α,β-unsaturated/α-hetero) is 1. The first kappa shape index (κ1) is 18.5. The molecular weight excluding hydrogens is 306 g/mol. The van der Waals surface area contributed by atoms with E-state index < -0.39 is 42.9 Å². The lowest BCUT2D eigenvalue weighted by molar-refractivity contribution is -0.119. The van der Waals surface area contributed by atoms with Gasteiger partial charge in [-0.15, -0.1) is 0 Å². The zero-order valence-electron chi connectivity index (χ0n) is 10.9. The van der Waals surface area contributed by atoms with E-state index in [1.165, 1.54) is 0 Å². The Morgan fingerprint density at radius 3 is 1.95 bits per heavy atom. The molecule has 0 aromatic carbocycles. The fourth-order valence-electron chi connectivity index (χ4n) is 1.16. The average Bonchev–Trinajstić information content (AvgIpc) is 2.33. The number of hydrogen-bond acceptors (Lipinski definition) is 6. The molecule has 1 amide bonds. The first-order chi connectivity index (χ1) is 9.12. The molecule has 0 saturated carbocycles. The van der Waals surface area contributed by atoms with Crippen LogP contribution in [-0.4, -0.2) is 46.6 Å². The molecule has 0 saturated heterocycles. The number of hydrogen-bond donors (Lipinski definition) is 1. The molecule has 0 rings (SSSR count). The first-order valence-corrected chi connectivity index (χ1v) is 9.04. The van der Waals surface area contributed by atoms with Gasteiger partial charge in [-0.3, -0.25) is 9.59 Å². The van der Waals surface area contributed by atoms with Crippen LogP contribution in [0.1, 0.15) is 12.8 Å². The third-order valence-electron chi connectivity index (χ3n) is 2.16. The van der Waals surface area contributed by atoms with E-state index in [1.54, 1.807) is 0 Å². The van der Waals surface area contributed by atoms with Crippen LogP contribution in [0.15, 0.2) is 24.0 Å². The van der Waals surface area contributed by atoms with Gasteiger partial charge >= 0.3 is 0 Å². The summed E-state index contributed by atoms with van der Waals surface area (Å²) < 4.78 is 44.2. The van der Waals surface area contributed by atoms with Gasteiger partial charge in [0.25, 0.3) is 0 Å². The van der Waals surface area contributed by atoms with Gasteiger partial charge in [-0.2, -0.15) is 0 Å². The van der Waals surface area contributed by atoms with Crippen LogP contribution in [0.2, 0.25) is 0 Å². The van der Waals surface area contributed by atoms with Gasteiger partial charge in [0.1, 0.15) is 17.3 Å². The lowest BCUT2D eigenvalue weighted by Crippen LogP contribution is -2.30. The quantitative estimate of drug-likeness (QED) is 0.546. The summed E-state index contributed by atoms with van der Waals surface area (Å²) in [4.78, 5) is 22.5. The van der Waals surface area contributed by atoms with Crippen molar-refractivity contribution in [2.24, 2.45) is 0 Å². The van der Waals surface area contributed by atoms with E-state index >= 15 is 0 Å². The van der Waals surface area contributed by atoms with Gasteiger partial charge < -0.3 is 5.32 Å². The van der Waals surface area contributed by atoms with Crippen LogP contribution in [0.25, 0.3) is 0 Å². The number of sulfone groups is 2. The number of carbonyl (C=O) groups is 2. The van der Waals surface area contributed by atoms with E-state index in [-0.39, 0.29) is 19.4 Å². The molecular formula is C11H17NO6S2. The summed E-state index contributed by atoms with van der Waals surface area (Å²) in [6.07, 6.45) is 0.201. The third kappa shape index (κ3) is 8.59. The van der Waals surface area contributed by atoms with Crippen LogP contribution >= 0.6 is 0 Å². The summed E-state index contributed by atoms with van der Waals surface area (Å²) in [7, 11) is -7.17. The predicted molar refractivity (Wildman–Crippen MR) is 75.2 cm³/mol. The summed E-state index contributed by atoms with van der Waals surface area (Å²) in [5, 5.41) is 3.72. The molecule has 7 nitrogen and oxygen atoms in total. The van der Waals surface area contributed by atoms with Crippen LogP contribution in [0.4, 0.5) is 0 Å². The molecule has 9 heteroatoms. The minimum Gasteiger partial charge on any atom is -0.355 e.